The van der Waals surface area contributed by atoms with Gasteiger partial charge in [-0.15, -0.1) is 0 Å². The third-order valence-electron chi connectivity index (χ3n) is 4.64. The van der Waals surface area contributed by atoms with Crippen LogP contribution in [0.2, 0.25) is 0 Å². The fraction of sp³-hybridized carbons (Fsp3) is 0.300. The molecule has 1 saturated heterocycles. The second-order valence-electron chi connectivity index (χ2n) is 6.63. The Balaban J connectivity index is 1.59. The quantitative estimate of drug-likeness (QED) is 0.536. The summed E-state index contributed by atoms with van der Waals surface area (Å²) in [6.07, 6.45) is 4.59. The summed E-state index contributed by atoms with van der Waals surface area (Å²) in [5.41, 5.74) is 12.4. The smallest absolute Gasteiger partial charge is 0.283 e. The van der Waals surface area contributed by atoms with Crippen LogP contribution in [0.5, 0.6) is 0 Å². The van der Waals surface area contributed by atoms with Crippen LogP contribution in [0.4, 0.5) is 5.82 Å². The maximum Gasteiger partial charge on any atom is 0.283 e. The molecule has 2 aromatic rings. The molecule has 0 radical (unpaired) electrons. The van der Waals surface area contributed by atoms with Gasteiger partial charge in [0.05, 0.1) is 11.9 Å². The predicted molar refractivity (Wildman–Crippen MR) is 111 cm³/mol. The van der Waals surface area contributed by atoms with Crippen molar-refractivity contribution in [3.63, 3.8) is 0 Å². The van der Waals surface area contributed by atoms with Gasteiger partial charge in [-0.2, -0.15) is 4.99 Å². The minimum Gasteiger partial charge on any atom is -0.390 e. The van der Waals surface area contributed by atoms with Gasteiger partial charge in [0, 0.05) is 31.9 Å². The number of likely N-dealkylation sites (tertiary alicyclic amines) is 1. The van der Waals surface area contributed by atoms with Gasteiger partial charge in [-0.3, -0.25) is 9.69 Å². The minimum atomic E-state index is -0.500. The molecule has 0 bridgehead atoms. The number of anilines is 1. The summed E-state index contributed by atoms with van der Waals surface area (Å²) in [6.45, 7) is 2.93. The number of carbonyl (C=O) groups excluding carboxylic acids is 1. The largest absolute Gasteiger partial charge is 0.390 e. The maximum absolute atomic E-state index is 12.4. The highest BCUT2D eigenvalue weighted by Gasteiger charge is 2.21. The second-order valence-corrected chi connectivity index (χ2v) is 6.63. The van der Waals surface area contributed by atoms with Gasteiger partial charge in [-0.25, -0.2) is 9.98 Å². The Morgan fingerprint density at radius 1 is 1.21 bits per heavy atom. The van der Waals surface area contributed by atoms with Gasteiger partial charge in [0.15, 0.2) is 0 Å². The molecule has 0 spiro atoms. The van der Waals surface area contributed by atoms with E-state index in [4.69, 9.17) is 11.5 Å². The van der Waals surface area contributed by atoms with E-state index >= 15 is 0 Å². The molecule has 0 atom stereocenters. The van der Waals surface area contributed by atoms with Crippen molar-refractivity contribution in [3.8, 4) is 0 Å². The fourth-order valence-corrected chi connectivity index (χ4v) is 3.23. The van der Waals surface area contributed by atoms with Crippen LogP contribution in [0.15, 0.2) is 58.6 Å². The average molecular weight is 379 g/mol. The van der Waals surface area contributed by atoms with Crippen molar-refractivity contribution in [2.24, 2.45) is 21.5 Å². The number of nitrogens with zero attached hydrogens (tertiary/aromatic N) is 4. The highest BCUT2D eigenvalue weighted by molar-refractivity contribution is 6.06. The summed E-state index contributed by atoms with van der Waals surface area (Å²) in [6, 6.07) is 14.1. The lowest BCUT2D eigenvalue weighted by atomic mass is 10.0. The second kappa shape index (κ2) is 9.61. The number of guanidine groups is 1. The molecule has 1 aliphatic rings. The summed E-state index contributed by atoms with van der Waals surface area (Å²) >= 11 is 0. The van der Waals surface area contributed by atoms with Gasteiger partial charge >= 0.3 is 0 Å². The van der Waals surface area contributed by atoms with Crippen molar-refractivity contribution in [1.29, 1.82) is 0 Å². The topological polar surface area (TPSA) is 122 Å². The molecule has 1 aromatic carbocycles. The van der Waals surface area contributed by atoms with Gasteiger partial charge in [0.25, 0.3) is 5.91 Å². The molecule has 5 N–H and O–H groups in total. The molecule has 0 unspecified atom stereocenters. The Morgan fingerprint density at radius 2 is 1.96 bits per heavy atom. The van der Waals surface area contributed by atoms with Gasteiger partial charge in [-0.05, 0) is 30.5 Å². The number of carbonyl (C=O) groups is 1. The van der Waals surface area contributed by atoms with E-state index in [-0.39, 0.29) is 12.0 Å². The van der Waals surface area contributed by atoms with E-state index in [2.05, 4.69) is 49.5 Å². The first-order valence-corrected chi connectivity index (χ1v) is 9.26. The summed E-state index contributed by atoms with van der Waals surface area (Å²) in [5, 5.41) is 3.39. The molecule has 0 aliphatic carbocycles. The van der Waals surface area contributed by atoms with Crippen molar-refractivity contribution in [3.05, 3.63) is 59.8 Å². The van der Waals surface area contributed by atoms with Crippen molar-refractivity contribution in [1.82, 2.24) is 9.88 Å². The molecule has 146 valence electrons. The van der Waals surface area contributed by atoms with E-state index in [1.165, 1.54) is 5.56 Å². The van der Waals surface area contributed by atoms with Crippen LogP contribution in [0, 0.1) is 0 Å². The molecule has 2 heterocycles. The van der Waals surface area contributed by atoms with E-state index in [1.54, 1.807) is 18.3 Å². The normalized spacial score (nSPS) is 16.4. The number of hydrogen-bond donors (Lipinski definition) is 3. The lowest BCUT2D eigenvalue weighted by Gasteiger charge is -2.32. The number of nitrogens with one attached hydrogen (secondary N) is 1. The zero-order valence-electron chi connectivity index (χ0n) is 15.7. The molecule has 1 fully saturated rings. The zero-order chi connectivity index (χ0) is 19.8. The molecular formula is C20H25N7O. The number of piperidine rings is 1. The van der Waals surface area contributed by atoms with Crippen molar-refractivity contribution >= 4 is 24.0 Å². The van der Waals surface area contributed by atoms with Gasteiger partial charge in [0.1, 0.15) is 5.82 Å². The van der Waals surface area contributed by atoms with Crippen LogP contribution < -0.4 is 16.8 Å². The first-order valence-electron chi connectivity index (χ1n) is 9.26. The lowest BCUT2D eigenvalue weighted by Crippen LogP contribution is -2.39. The molecule has 0 saturated carbocycles. The zero-order valence-corrected chi connectivity index (χ0v) is 15.7. The number of rotatable bonds is 5. The van der Waals surface area contributed by atoms with Crippen LogP contribution in [0.1, 0.15) is 28.8 Å². The monoisotopic (exact) mass is 379 g/mol. The number of hydrogen-bond acceptors (Lipinski definition) is 4. The van der Waals surface area contributed by atoms with Gasteiger partial charge < -0.3 is 16.8 Å². The molecule has 8 nitrogen and oxygen atoms in total. The van der Waals surface area contributed by atoms with E-state index in [0.717, 1.165) is 38.8 Å². The van der Waals surface area contributed by atoms with Crippen LogP contribution >= 0.6 is 0 Å². The van der Waals surface area contributed by atoms with Crippen LogP contribution in [0.3, 0.4) is 0 Å². The number of amides is 1. The predicted octanol–water partition coefficient (Wildman–Crippen LogP) is 1.60. The van der Waals surface area contributed by atoms with Crippen molar-refractivity contribution in [2.45, 2.75) is 25.4 Å². The molecule has 28 heavy (non-hydrogen) atoms. The van der Waals surface area contributed by atoms with Crippen molar-refractivity contribution < 1.29 is 4.79 Å². The molecule has 3 rings (SSSR count). The van der Waals surface area contributed by atoms with E-state index in [0.29, 0.717) is 11.4 Å². The third kappa shape index (κ3) is 5.37. The average Bonchev–Trinajstić information content (AvgIpc) is 2.71. The first-order chi connectivity index (χ1) is 13.7. The minimum absolute atomic E-state index is 0.184. The fourth-order valence-electron chi connectivity index (χ4n) is 3.23. The highest BCUT2D eigenvalue weighted by atomic mass is 16.1. The standard InChI is InChI=1S/C20H25N7O/c21-14-24-20(22)26-19(28)17-7-4-10-23-18(17)25-16-8-11-27(12-9-16)13-15-5-2-1-3-6-15/h1-7,10,14,16H,8-9,11-13H2,(H,23,25)(H4,21,22,24,26,28). The van der Waals surface area contributed by atoms with E-state index in [9.17, 15) is 4.79 Å². The Morgan fingerprint density at radius 3 is 2.68 bits per heavy atom. The number of benzene rings is 1. The molecular weight excluding hydrogens is 354 g/mol. The summed E-state index contributed by atoms with van der Waals surface area (Å²) in [7, 11) is 0. The van der Waals surface area contributed by atoms with Crippen LogP contribution in [0.25, 0.3) is 0 Å². The number of aliphatic imine (C=N–C) groups is 2. The summed E-state index contributed by atoms with van der Waals surface area (Å²) < 4.78 is 0. The van der Waals surface area contributed by atoms with Crippen LogP contribution in [-0.4, -0.2) is 47.2 Å². The van der Waals surface area contributed by atoms with Crippen molar-refractivity contribution in [2.75, 3.05) is 18.4 Å². The molecule has 1 aliphatic heterocycles. The Labute approximate surface area is 164 Å². The Bertz CT molecular complexity index is 843. The summed E-state index contributed by atoms with van der Waals surface area (Å²) in [4.78, 5) is 26.5. The molecule has 1 aromatic heterocycles. The van der Waals surface area contributed by atoms with Gasteiger partial charge in [-0.1, -0.05) is 30.3 Å². The van der Waals surface area contributed by atoms with Crippen LogP contribution in [-0.2, 0) is 6.54 Å². The Hall–Kier alpha value is -3.26. The van der Waals surface area contributed by atoms with E-state index in [1.807, 2.05) is 6.07 Å². The SMILES string of the molecule is NC=NC(N)=NC(=O)c1cccnc1NC1CCN(Cc2ccccc2)CC1. The van der Waals surface area contributed by atoms with E-state index < -0.39 is 5.91 Å². The number of aromatic nitrogens is 1. The third-order valence-corrected chi connectivity index (χ3v) is 4.64. The highest BCUT2D eigenvalue weighted by Crippen LogP contribution is 2.20. The maximum atomic E-state index is 12.4. The number of nitrogens with two attached hydrogens (primary N) is 2. The lowest BCUT2D eigenvalue weighted by molar-refractivity contribution is 0.100. The Kier molecular flexibility index (Phi) is 6.69. The molecule has 8 heteroatoms. The number of pyridine rings is 1. The van der Waals surface area contributed by atoms with Gasteiger partial charge in [0.2, 0.25) is 5.96 Å². The summed E-state index contributed by atoms with van der Waals surface area (Å²) in [5.74, 6) is -0.168. The first kappa shape index (κ1) is 19.5. The molecule has 1 amide bonds.